The second kappa shape index (κ2) is 2.91. The molecule has 1 nitrogen and oxygen atoms in total. The Morgan fingerprint density at radius 1 is 1.40 bits per heavy atom. The Kier molecular flexibility index (Phi) is 2.35. The SMILES string of the molecule is CCCCC1(CC)CN1C. The number of likely N-dealkylation sites (N-methyl/N-ethyl adjacent to an activating group) is 1. The highest BCUT2D eigenvalue weighted by Gasteiger charge is 2.46. The van der Waals surface area contributed by atoms with Crippen molar-refractivity contribution in [2.45, 2.75) is 45.1 Å². The maximum atomic E-state index is 2.47. The summed E-state index contributed by atoms with van der Waals surface area (Å²) in [6.07, 6.45) is 5.49. The normalized spacial score (nSPS) is 38.1. The molecule has 0 N–H and O–H groups in total. The summed E-state index contributed by atoms with van der Waals surface area (Å²) in [4.78, 5) is 2.47. The zero-order valence-electron chi connectivity index (χ0n) is 7.48. The third kappa shape index (κ3) is 1.34. The zero-order valence-corrected chi connectivity index (χ0v) is 7.48. The van der Waals surface area contributed by atoms with E-state index < -0.39 is 0 Å². The molecule has 1 heteroatoms. The first-order valence-corrected chi connectivity index (χ1v) is 4.46. The first kappa shape index (κ1) is 8.06. The van der Waals surface area contributed by atoms with Crippen molar-refractivity contribution >= 4 is 0 Å². The van der Waals surface area contributed by atoms with Gasteiger partial charge in [-0.2, -0.15) is 0 Å². The van der Waals surface area contributed by atoms with E-state index >= 15 is 0 Å². The summed E-state index contributed by atoms with van der Waals surface area (Å²) in [5, 5.41) is 0. The molecule has 1 fully saturated rings. The van der Waals surface area contributed by atoms with Crippen molar-refractivity contribution in [3.63, 3.8) is 0 Å². The van der Waals surface area contributed by atoms with Crippen molar-refractivity contribution in [1.82, 2.24) is 4.90 Å². The number of hydrogen-bond acceptors (Lipinski definition) is 1. The van der Waals surface area contributed by atoms with E-state index in [-0.39, 0.29) is 0 Å². The van der Waals surface area contributed by atoms with Gasteiger partial charge in [-0.25, -0.2) is 0 Å². The predicted molar refractivity (Wildman–Crippen MR) is 45.2 cm³/mol. The van der Waals surface area contributed by atoms with Crippen LogP contribution in [0.1, 0.15) is 39.5 Å². The molecule has 0 radical (unpaired) electrons. The fourth-order valence-electron chi connectivity index (χ4n) is 1.74. The molecule has 10 heavy (non-hydrogen) atoms. The summed E-state index contributed by atoms with van der Waals surface area (Å²) in [5.41, 5.74) is 0.635. The average Bonchev–Trinajstić information content (AvgIpc) is 2.59. The molecule has 60 valence electrons. The number of unbranched alkanes of at least 4 members (excludes halogenated alkanes) is 1. The molecular weight excluding hydrogens is 122 g/mol. The van der Waals surface area contributed by atoms with Crippen molar-refractivity contribution < 1.29 is 0 Å². The van der Waals surface area contributed by atoms with E-state index in [9.17, 15) is 0 Å². The molecule has 1 rings (SSSR count). The van der Waals surface area contributed by atoms with Gasteiger partial charge in [-0.1, -0.05) is 26.7 Å². The second-order valence-electron chi connectivity index (χ2n) is 3.54. The van der Waals surface area contributed by atoms with E-state index in [2.05, 4.69) is 25.8 Å². The summed E-state index contributed by atoms with van der Waals surface area (Å²) in [5.74, 6) is 0. The van der Waals surface area contributed by atoms with Gasteiger partial charge in [0.2, 0.25) is 0 Å². The smallest absolute Gasteiger partial charge is 0.0331 e. The summed E-state index contributed by atoms with van der Waals surface area (Å²) in [7, 11) is 2.24. The predicted octanol–water partition coefficient (Wildman–Crippen LogP) is 2.27. The Morgan fingerprint density at radius 3 is 2.30 bits per heavy atom. The highest BCUT2D eigenvalue weighted by atomic mass is 15.3. The fourth-order valence-corrected chi connectivity index (χ4v) is 1.74. The van der Waals surface area contributed by atoms with Crippen LogP contribution in [0.3, 0.4) is 0 Å². The molecule has 0 spiro atoms. The highest BCUT2D eigenvalue weighted by Crippen LogP contribution is 2.37. The van der Waals surface area contributed by atoms with Gasteiger partial charge in [-0.15, -0.1) is 0 Å². The summed E-state index contributed by atoms with van der Waals surface area (Å²) in [6.45, 7) is 5.91. The molecule has 0 bridgehead atoms. The van der Waals surface area contributed by atoms with Gasteiger partial charge in [0, 0.05) is 12.1 Å². The van der Waals surface area contributed by atoms with Crippen LogP contribution in [0.15, 0.2) is 0 Å². The minimum absolute atomic E-state index is 0.635. The molecule has 0 saturated carbocycles. The molecular formula is C9H19N. The van der Waals surface area contributed by atoms with Gasteiger partial charge >= 0.3 is 0 Å². The van der Waals surface area contributed by atoms with E-state index in [1.54, 1.807) is 0 Å². The number of rotatable bonds is 4. The maximum absolute atomic E-state index is 2.47. The highest BCUT2D eigenvalue weighted by molar-refractivity contribution is 5.03. The van der Waals surface area contributed by atoms with Crippen LogP contribution in [-0.2, 0) is 0 Å². The third-order valence-corrected chi connectivity index (χ3v) is 2.89. The monoisotopic (exact) mass is 141 g/mol. The van der Waals surface area contributed by atoms with Crippen LogP contribution in [0.25, 0.3) is 0 Å². The first-order valence-electron chi connectivity index (χ1n) is 4.46. The van der Waals surface area contributed by atoms with Gasteiger partial charge in [0.25, 0.3) is 0 Å². The molecule has 1 aliphatic heterocycles. The second-order valence-corrected chi connectivity index (χ2v) is 3.54. The van der Waals surface area contributed by atoms with Crippen LogP contribution in [0.4, 0.5) is 0 Å². The van der Waals surface area contributed by atoms with Gasteiger partial charge in [-0.05, 0) is 19.9 Å². The Morgan fingerprint density at radius 2 is 2.00 bits per heavy atom. The molecule has 1 saturated heterocycles. The molecule has 1 heterocycles. The lowest BCUT2D eigenvalue weighted by Gasteiger charge is -2.11. The van der Waals surface area contributed by atoms with E-state index in [1.165, 1.54) is 32.2 Å². The van der Waals surface area contributed by atoms with E-state index in [0.717, 1.165) is 0 Å². The summed E-state index contributed by atoms with van der Waals surface area (Å²) < 4.78 is 0. The van der Waals surface area contributed by atoms with Crippen LogP contribution >= 0.6 is 0 Å². The van der Waals surface area contributed by atoms with Crippen molar-refractivity contribution in [3.8, 4) is 0 Å². The van der Waals surface area contributed by atoms with Crippen LogP contribution < -0.4 is 0 Å². The zero-order chi connectivity index (χ0) is 7.61. The Labute approximate surface area is 64.4 Å². The molecule has 0 aromatic carbocycles. The Bertz CT molecular complexity index is 107. The first-order chi connectivity index (χ1) is 4.75. The maximum Gasteiger partial charge on any atom is 0.0331 e. The summed E-state index contributed by atoms with van der Waals surface area (Å²) >= 11 is 0. The molecule has 0 aromatic heterocycles. The Balaban J connectivity index is 2.23. The average molecular weight is 141 g/mol. The lowest BCUT2D eigenvalue weighted by molar-refractivity contribution is 0.410. The molecule has 2 unspecified atom stereocenters. The lowest BCUT2D eigenvalue weighted by Crippen LogP contribution is -2.14. The minimum Gasteiger partial charge on any atom is -0.298 e. The molecule has 0 aliphatic carbocycles. The van der Waals surface area contributed by atoms with Gasteiger partial charge < -0.3 is 0 Å². The van der Waals surface area contributed by atoms with Crippen LogP contribution in [-0.4, -0.2) is 24.0 Å². The van der Waals surface area contributed by atoms with Gasteiger partial charge in [0.15, 0.2) is 0 Å². The van der Waals surface area contributed by atoms with Gasteiger partial charge in [-0.3, -0.25) is 4.90 Å². The fraction of sp³-hybridized carbons (Fsp3) is 1.00. The van der Waals surface area contributed by atoms with Crippen molar-refractivity contribution in [1.29, 1.82) is 0 Å². The number of nitrogens with zero attached hydrogens (tertiary/aromatic N) is 1. The van der Waals surface area contributed by atoms with Crippen LogP contribution in [0.2, 0.25) is 0 Å². The summed E-state index contributed by atoms with van der Waals surface area (Å²) in [6, 6.07) is 0. The Hall–Kier alpha value is -0.0400. The lowest BCUT2D eigenvalue weighted by atomic mass is 9.99. The molecule has 0 amide bonds. The van der Waals surface area contributed by atoms with Crippen molar-refractivity contribution in [3.05, 3.63) is 0 Å². The number of hydrogen-bond donors (Lipinski definition) is 0. The molecule has 2 atom stereocenters. The van der Waals surface area contributed by atoms with Crippen molar-refractivity contribution in [2.75, 3.05) is 13.6 Å². The standard InChI is InChI=1S/C9H19N/c1-4-6-7-9(5-2)8-10(9)3/h4-8H2,1-3H3. The van der Waals surface area contributed by atoms with Gasteiger partial charge in [0.1, 0.15) is 0 Å². The minimum atomic E-state index is 0.635. The third-order valence-electron chi connectivity index (χ3n) is 2.89. The van der Waals surface area contributed by atoms with Crippen LogP contribution in [0.5, 0.6) is 0 Å². The van der Waals surface area contributed by atoms with Crippen LogP contribution in [0, 0.1) is 0 Å². The quantitative estimate of drug-likeness (QED) is 0.543. The largest absolute Gasteiger partial charge is 0.298 e. The topological polar surface area (TPSA) is 3.01 Å². The van der Waals surface area contributed by atoms with E-state index in [1.807, 2.05) is 0 Å². The van der Waals surface area contributed by atoms with E-state index in [4.69, 9.17) is 0 Å². The van der Waals surface area contributed by atoms with Gasteiger partial charge in [0.05, 0.1) is 0 Å². The van der Waals surface area contributed by atoms with Crippen molar-refractivity contribution in [2.24, 2.45) is 0 Å². The van der Waals surface area contributed by atoms with E-state index in [0.29, 0.717) is 5.54 Å². The molecule has 1 aliphatic rings. The molecule has 0 aromatic rings.